The van der Waals surface area contributed by atoms with Crippen LogP contribution in [0.5, 0.6) is 5.75 Å². The molecule has 0 saturated carbocycles. The Kier molecular flexibility index (Phi) is 7.20. The van der Waals surface area contributed by atoms with Crippen LogP contribution in [0.1, 0.15) is 24.0 Å². The summed E-state index contributed by atoms with van der Waals surface area (Å²) >= 11 is 0. The number of benzene rings is 3. The molecular formula is C27H30N2O3. The maximum atomic E-state index is 11.0. The van der Waals surface area contributed by atoms with E-state index in [1.54, 1.807) is 7.11 Å². The van der Waals surface area contributed by atoms with Gasteiger partial charge in [0.25, 0.3) is 0 Å². The smallest absolute Gasteiger partial charge is 0.394 e. The first-order valence-corrected chi connectivity index (χ1v) is 11.1. The monoisotopic (exact) mass is 430 g/mol. The van der Waals surface area contributed by atoms with Crippen LogP contribution in [0.2, 0.25) is 0 Å². The SMILES string of the molecule is COC(=Nc1ccccc1)Oc1ccc(CCN2CCC(O)(c3ccccc3)CC2)cc1. The van der Waals surface area contributed by atoms with Crippen LogP contribution in [0.4, 0.5) is 5.69 Å². The summed E-state index contributed by atoms with van der Waals surface area (Å²) < 4.78 is 11.0. The number of ether oxygens (including phenoxy) is 2. The van der Waals surface area contributed by atoms with Crippen molar-refractivity contribution >= 4 is 11.8 Å². The van der Waals surface area contributed by atoms with Crippen molar-refractivity contribution in [3.8, 4) is 5.75 Å². The van der Waals surface area contributed by atoms with Gasteiger partial charge in [0.05, 0.1) is 18.4 Å². The van der Waals surface area contributed by atoms with Gasteiger partial charge in [-0.2, -0.15) is 4.99 Å². The maximum absolute atomic E-state index is 11.0. The van der Waals surface area contributed by atoms with Crippen LogP contribution in [0, 0.1) is 0 Å². The van der Waals surface area contributed by atoms with E-state index in [2.05, 4.69) is 22.0 Å². The fourth-order valence-corrected chi connectivity index (χ4v) is 4.01. The highest BCUT2D eigenvalue weighted by Crippen LogP contribution is 2.32. The largest absolute Gasteiger partial charge is 0.453 e. The van der Waals surface area contributed by atoms with Gasteiger partial charge in [-0.15, -0.1) is 0 Å². The molecule has 4 rings (SSSR count). The summed E-state index contributed by atoms with van der Waals surface area (Å²) in [6.45, 7) is 2.78. The average molecular weight is 431 g/mol. The molecule has 1 aliphatic heterocycles. The maximum Gasteiger partial charge on any atom is 0.394 e. The molecule has 1 saturated heterocycles. The number of hydrogen-bond donors (Lipinski definition) is 1. The fourth-order valence-electron chi connectivity index (χ4n) is 4.01. The van der Waals surface area contributed by atoms with Gasteiger partial charge in [-0.3, -0.25) is 0 Å². The number of aliphatic imine (C=N–C) groups is 1. The minimum absolute atomic E-state index is 0.211. The average Bonchev–Trinajstić information content (AvgIpc) is 2.85. The van der Waals surface area contributed by atoms with Gasteiger partial charge in [-0.25, -0.2) is 0 Å². The van der Waals surface area contributed by atoms with Crippen LogP contribution in [0.15, 0.2) is 89.9 Å². The van der Waals surface area contributed by atoms with Crippen molar-refractivity contribution in [2.45, 2.75) is 24.9 Å². The van der Waals surface area contributed by atoms with E-state index in [0.29, 0.717) is 5.75 Å². The number of rotatable bonds is 6. The summed E-state index contributed by atoms with van der Waals surface area (Å²) in [4.78, 5) is 6.80. The predicted octanol–water partition coefficient (Wildman–Crippen LogP) is 4.93. The van der Waals surface area contributed by atoms with E-state index in [4.69, 9.17) is 9.47 Å². The quantitative estimate of drug-likeness (QED) is 0.445. The first-order chi connectivity index (χ1) is 15.6. The molecule has 5 heteroatoms. The van der Waals surface area contributed by atoms with Crippen LogP contribution >= 0.6 is 0 Å². The van der Waals surface area contributed by atoms with E-state index in [-0.39, 0.29) is 6.08 Å². The number of para-hydroxylation sites is 1. The third-order valence-corrected chi connectivity index (χ3v) is 5.99. The molecule has 0 amide bonds. The Hall–Kier alpha value is -3.15. The van der Waals surface area contributed by atoms with E-state index < -0.39 is 5.60 Å². The minimum Gasteiger partial charge on any atom is -0.453 e. The van der Waals surface area contributed by atoms with E-state index in [0.717, 1.165) is 50.1 Å². The zero-order chi connectivity index (χ0) is 22.2. The van der Waals surface area contributed by atoms with Crippen molar-refractivity contribution in [2.75, 3.05) is 26.7 Å². The van der Waals surface area contributed by atoms with E-state index in [1.807, 2.05) is 72.8 Å². The molecule has 0 atom stereocenters. The number of nitrogens with zero attached hydrogens (tertiary/aromatic N) is 2. The van der Waals surface area contributed by atoms with Crippen molar-refractivity contribution in [3.63, 3.8) is 0 Å². The zero-order valence-corrected chi connectivity index (χ0v) is 18.5. The molecular weight excluding hydrogens is 400 g/mol. The van der Waals surface area contributed by atoms with E-state index in [1.165, 1.54) is 5.56 Å². The number of likely N-dealkylation sites (tertiary alicyclic amines) is 1. The molecule has 1 N–H and O–H groups in total. The highest BCUT2D eigenvalue weighted by molar-refractivity contribution is 5.73. The van der Waals surface area contributed by atoms with Crippen LogP contribution in [0.25, 0.3) is 0 Å². The normalized spacial score (nSPS) is 16.5. The Bertz CT molecular complexity index is 996. The van der Waals surface area contributed by atoms with Crippen LogP contribution in [-0.4, -0.2) is 42.8 Å². The summed E-state index contributed by atoms with van der Waals surface area (Å²) in [6, 6.07) is 27.7. The van der Waals surface area contributed by atoms with Gasteiger partial charge in [0, 0.05) is 19.6 Å². The molecule has 0 radical (unpaired) electrons. The second-order valence-corrected chi connectivity index (χ2v) is 8.15. The number of hydrogen-bond acceptors (Lipinski definition) is 5. The summed E-state index contributed by atoms with van der Waals surface area (Å²) in [5.41, 5.74) is 2.36. The van der Waals surface area contributed by atoms with Gasteiger partial charge in [-0.1, -0.05) is 60.7 Å². The number of piperidine rings is 1. The van der Waals surface area contributed by atoms with Gasteiger partial charge < -0.3 is 19.5 Å². The van der Waals surface area contributed by atoms with Crippen molar-refractivity contribution in [1.29, 1.82) is 0 Å². The standard InChI is InChI=1S/C27H30N2O3/c1-31-26(28-24-10-6-3-7-11-24)32-25-14-12-22(13-15-25)16-19-29-20-17-27(30,18-21-29)23-8-4-2-5-9-23/h2-15,30H,16-21H2,1H3. The van der Waals surface area contributed by atoms with Crippen molar-refractivity contribution in [2.24, 2.45) is 4.99 Å². The Morgan fingerprint density at radius 1 is 0.906 bits per heavy atom. The Morgan fingerprint density at radius 2 is 1.53 bits per heavy atom. The van der Waals surface area contributed by atoms with Gasteiger partial charge in [-0.05, 0) is 54.7 Å². The van der Waals surface area contributed by atoms with Crippen LogP contribution in [-0.2, 0) is 16.8 Å². The summed E-state index contributed by atoms with van der Waals surface area (Å²) in [5.74, 6) is 0.691. The van der Waals surface area contributed by atoms with E-state index in [9.17, 15) is 5.11 Å². The lowest BCUT2D eigenvalue weighted by Gasteiger charge is -2.38. The summed E-state index contributed by atoms with van der Waals surface area (Å²) in [6.07, 6.45) is 2.71. The lowest BCUT2D eigenvalue weighted by molar-refractivity contribution is -0.0255. The van der Waals surface area contributed by atoms with Crippen molar-refractivity contribution < 1.29 is 14.6 Å². The van der Waals surface area contributed by atoms with Gasteiger partial charge in [0.15, 0.2) is 0 Å². The second-order valence-electron chi connectivity index (χ2n) is 8.15. The highest BCUT2D eigenvalue weighted by Gasteiger charge is 2.33. The third-order valence-electron chi connectivity index (χ3n) is 5.99. The fraction of sp³-hybridized carbons (Fsp3) is 0.296. The molecule has 166 valence electrons. The molecule has 1 fully saturated rings. The predicted molar refractivity (Wildman–Crippen MR) is 127 cm³/mol. The molecule has 5 nitrogen and oxygen atoms in total. The molecule has 32 heavy (non-hydrogen) atoms. The van der Waals surface area contributed by atoms with Gasteiger partial charge in [0.2, 0.25) is 0 Å². The molecule has 0 spiro atoms. The number of aliphatic hydroxyl groups is 1. The van der Waals surface area contributed by atoms with Gasteiger partial charge >= 0.3 is 6.08 Å². The van der Waals surface area contributed by atoms with Crippen molar-refractivity contribution in [1.82, 2.24) is 4.90 Å². The molecule has 0 aliphatic carbocycles. The Balaban J connectivity index is 1.27. The van der Waals surface area contributed by atoms with Crippen molar-refractivity contribution in [3.05, 3.63) is 96.1 Å². The van der Waals surface area contributed by atoms with E-state index >= 15 is 0 Å². The molecule has 3 aromatic carbocycles. The third kappa shape index (κ3) is 5.75. The molecule has 0 bridgehead atoms. The second kappa shape index (κ2) is 10.4. The Labute approximate surface area is 190 Å². The van der Waals surface area contributed by atoms with Crippen LogP contribution in [0.3, 0.4) is 0 Å². The highest BCUT2D eigenvalue weighted by atomic mass is 16.7. The summed E-state index contributed by atoms with van der Waals surface area (Å²) in [7, 11) is 1.55. The molecule has 0 unspecified atom stereocenters. The van der Waals surface area contributed by atoms with Crippen LogP contribution < -0.4 is 4.74 Å². The topological polar surface area (TPSA) is 54.3 Å². The first-order valence-electron chi connectivity index (χ1n) is 11.1. The van der Waals surface area contributed by atoms with Gasteiger partial charge in [0.1, 0.15) is 5.75 Å². The molecule has 1 aliphatic rings. The lowest BCUT2D eigenvalue weighted by atomic mass is 9.84. The lowest BCUT2D eigenvalue weighted by Crippen LogP contribution is -2.43. The molecule has 0 aromatic heterocycles. The number of methoxy groups -OCH3 is 1. The minimum atomic E-state index is -0.697. The summed E-state index contributed by atoms with van der Waals surface area (Å²) in [5, 5.41) is 11.0. The first kappa shape index (κ1) is 22.1. The Morgan fingerprint density at radius 3 is 2.16 bits per heavy atom. The zero-order valence-electron chi connectivity index (χ0n) is 18.5. The molecule has 3 aromatic rings. The molecule has 1 heterocycles.